The van der Waals surface area contributed by atoms with Gasteiger partial charge in [-0.2, -0.15) is 11.8 Å². The highest BCUT2D eigenvalue weighted by Crippen LogP contribution is 2.31. The molecule has 1 N–H and O–H groups in total. The van der Waals surface area contributed by atoms with Gasteiger partial charge < -0.3 is 5.32 Å². The molecule has 2 heteroatoms. The Labute approximate surface area is 80.7 Å². The average molecular weight is 187 g/mol. The van der Waals surface area contributed by atoms with Crippen LogP contribution in [0.25, 0.3) is 0 Å². The van der Waals surface area contributed by atoms with Crippen molar-refractivity contribution in [2.75, 3.05) is 12.8 Å². The SMILES string of the molecule is CNC(C)(C)CCC1CCCS1. The van der Waals surface area contributed by atoms with E-state index in [-0.39, 0.29) is 0 Å². The lowest BCUT2D eigenvalue weighted by atomic mass is 9.96. The molecule has 0 bridgehead atoms. The Morgan fingerprint density at radius 2 is 2.25 bits per heavy atom. The van der Waals surface area contributed by atoms with Gasteiger partial charge in [0.1, 0.15) is 0 Å². The maximum Gasteiger partial charge on any atom is 0.0122 e. The van der Waals surface area contributed by atoms with Crippen molar-refractivity contribution in [1.29, 1.82) is 0 Å². The number of rotatable bonds is 4. The van der Waals surface area contributed by atoms with Gasteiger partial charge in [0.05, 0.1) is 0 Å². The minimum absolute atomic E-state index is 0.336. The van der Waals surface area contributed by atoms with Crippen molar-refractivity contribution in [2.45, 2.75) is 50.3 Å². The summed E-state index contributed by atoms with van der Waals surface area (Å²) in [7, 11) is 2.06. The molecule has 1 saturated heterocycles. The second-order valence-electron chi connectivity index (χ2n) is 4.31. The van der Waals surface area contributed by atoms with Crippen molar-refractivity contribution in [3.05, 3.63) is 0 Å². The molecule has 0 aromatic carbocycles. The van der Waals surface area contributed by atoms with Gasteiger partial charge in [0.2, 0.25) is 0 Å². The zero-order chi connectivity index (χ0) is 9.03. The smallest absolute Gasteiger partial charge is 0.0122 e. The molecule has 1 aliphatic rings. The van der Waals surface area contributed by atoms with Gasteiger partial charge in [-0.05, 0) is 52.3 Å². The molecular formula is C10H21NS. The summed E-state index contributed by atoms with van der Waals surface area (Å²) < 4.78 is 0. The second kappa shape index (κ2) is 4.52. The topological polar surface area (TPSA) is 12.0 Å². The van der Waals surface area contributed by atoms with Crippen molar-refractivity contribution in [2.24, 2.45) is 0 Å². The lowest BCUT2D eigenvalue weighted by molar-refractivity contribution is 0.379. The molecule has 0 aromatic heterocycles. The van der Waals surface area contributed by atoms with E-state index in [4.69, 9.17) is 0 Å². The van der Waals surface area contributed by atoms with Crippen LogP contribution in [0.15, 0.2) is 0 Å². The minimum Gasteiger partial charge on any atom is -0.315 e. The highest BCUT2D eigenvalue weighted by molar-refractivity contribution is 8.00. The van der Waals surface area contributed by atoms with Gasteiger partial charge in [0, 0.05) is 10.8 Å². The Morgan fingerprint density at radius 3 is 2.75 bits per heavy atom. The predicted molar refractivity (Wildman–Crippen MR) is 57.9 cm³/mol. The van der Waals surface area contributed by atoms with E-state index >= 15 is 0 Å². The third-order valence-corrected chi connectivity index (χ3v) is 4.26. The van der Waals surface area contributed by atoms with Crippen LogP contribution in [-0.2, 0) is 0 Å². The number of hydrogen-bond donors (Lipinski definition) is 1. The van der Waals surface area contributed by atoms with Crippen molar-refractivity contribution < 1.29 is 0 Å². The van der Waals surface area contributed by atoms with E-state index in [1.54, 1.807) is 0 Å². The molecule has 0 aromatic rings. The standard InChI is InChI=1S/C10H21NS/c1-10(2,11-3)7-6-9-5-4-8-12-9/h9,11H,4-8H2,1-3H3. The van der Waals surface area contributed by atoms with E-state index < -0.39 is 0 Å². The van der Waals surface area contributed by atoms with Crippen LogP contribution in [-0.4, -0.2) is 23.6 Å². The third-order valence-electron chi connectivity index (χ3n) is 2.79. The monoisotopic (exact) mass is 187 g/mol. The van der Waals surface area contributed by atoms with E-state index in [1.807, 2.05) is 0 Å². The van der Waals surface area contributed by atoms with E-state index in [1.165, 1.54) is 31.4 Å². The van der Waals surface area contributed by atoms with Gasteiger partial charge in [0.15, 0.2) is 0 Å². The number of hydrogen-bond acceptors (Lipinski definition) is 2. The molecule has 72 valence electrons. The fraction of sp³-hybridized carbons (Fsp3) is 1.00. The molecule has 0 radical (unpaired) electrons. The Kier molecular flexibility index (Phi) is 3.91. The van der Waals surface area contributed by atoms with Crippen LogP contribution in [0.1, 0.15) is 39.5 Å². The molecule has 0 amide bonds. The summed E-state index contributed by atoms with van der Waals surface area (Å²) in [5.41, 5.74) is 0.336. The van der Waals surface area contributed by atoms with Gasteiger partial charge in [-0.3, -0.25) is 0 Å². The van der Waals surface area contributed by atoms with Crippen molar-refractivity contribution in [3.8, 4) is 0 Å². The molecular weight excluding hydrogens is 166 g/mol. The first-order chi connectivity index (χ1) is 5.64. The molecule has 1 fully saturated rings. The van der Waals surface area contributed by atoms with Gasteiger partial charge in [-0.1, -0.05) is 0 Å². The van der Waals surface area contributed by atoms with Crippen LogP contribution >= 0.6 is 11.8 Å². The summed E-state index contributed by atoms with van der Waals surface area (Å²) in [5, 5.41) is 4.31. The molecule has 1 unspecified atom stereocenters. The van der Waals surface area contributed by atoms with E-state index in [0.717, 1.165) is 5.25 Å². The lowest BCUT2D eigenvalue weighted by Crippen LogP contribution is -2.36. The second-order valence-corrected chi connectivity index (χ2v) is 5.72. The van der Waals surface area contributed by atoms with Gasteiger partial charge in [-0.25, -0.2) is 0 Å². The van der Waals surface area contributed by atoms with Crippen molar-refractivity contribution >= 4 is 11.8 Å². The van der Waals surface area contributed by atoms with Crippen LogP contribution < -0.4 is 5.32 Å². The van der Waals surface area contributed by atoms with Crippen LogP contribution in [0.4, 0.5) is 0 Å². The molecule has 1 atom stereocenters. The van der Waals surface area contributed by atoms with Gasteiger partial charge >= 0.3 is 0 Å². The molecule has 1 rings (SSSR count). The predicted octanol–water partition coefficient (Wildman–Crippen LogP) is 2.66. The molecule has 1 aliphatic heterocycles. The van der Waals surface area contributed by atoms with Crippen LogP contribution in [0.5, 0.6) is 0 Å². The fourth-order valence-corrected chi connectivity index (χ4v) is 2.80. The Bertz CT molecular complexity index is 128. The quantitative estimate of drug-likeness (QED) is 0.726. The summed E-state index contributed by atoms with van der Waals surface area (Å²) in [6.45, 7) is 4.57. The summed E-state index contributed by atoms with van der Waals surface area (Å²) in [6, 6.07) is 0. The lowest BCUT2D eigenvalue weighted by Gasteiger charge is -2.25. The maximum absolute atomic E-state index is 3.36. The molecule has 0 saturated carbocycles. The zero-order valence-electron chi connectivity index (χ0n) is 8.52. The molecule has 1 nitrogen and oxygen atoms in total. The molecule has 12 heavy (non-hydrogen) atoms. The van der Waals surface area contributed by atoms with Crippen molar-refractivity contribution in [3.63, 3.8) is 0 Å². The van der Waals surface area contributed by atoms with Gasteiger partial charge in [0.25, 0.3) is 0 Å². The number of thioether (sulfide) groups is 1. The summed E-state index contributed by atoms with van der Waals surface area (Å²) >= 11 is 2.17. The van der Waals surface area contributed by atoms with Gasteiger partial charge in [-0.15, -0.1) is 0 Å². The van der Waals surface area contributed by atoms with Crippen molar-refractivity contribution in [1.82, 2.24) is 5.32 Å². The summed E-state index contributed by atoms with van der Waals surface area (Å²) in [6.07, 6.45) is 5.58. The highest BCUT2D eigenvalue weighted by atomic mass is 32.2. The Morgan fingerprint density at radius 1 is 1.50 bits per heavy atom. The Balaban J connectivity index is 2.15. The summed E-state index contributed by atoms with van der Waals surface area (Å²) in [5.74, 6) is 1.39. The van der Waals surface area contributed by atoms with Crippen LogP contribution in [0, 0.1) is 0 Å². The highest BCUT2D eigenvalue weighted by Gasteiger charge is 2.20. The molecule has 0 spiro atoms. The molecule has 1 heterocycles. The normalized spacial score (nSPS) is 24.8. The first kappa shape index (κ1) is 10.4. The van der Waals surface area contributed by atoms with E-state index in [9.17, 15) is 0 Å². The fourth-order valence-electron chi connectivity index (χ4n) is 1.52. The minimum atomic E-state index is 0.336. The van der Waals surface area contributed by atoms with Crippen LogP contribution in [0.3, 0.4) is 0 Å². The van der Waals surface area contributed by atoms with Crippen LogP contribution in [0.2, 0.25) is 0 Å². The summed E-state index contributed by atoms with van der Waals surface area (Å²) in [4.78, 5) is 0. The van der Waals surface area contributed by atoms with E-state index in [0.29, 0.717) is 5.54 Å². The Hall–Kier alpha value is 0.310. The van der Waals surface area contributed by atoms with E-state index in [2.05, 4.69) is 38.0 Å². The first-order valence-corrected chi connectivity index (χ1v) is 5.99. The number of nitrogens with one attached hydrogen (secondary N) is 1. The zero-order valence-corrected chi connectivity index (χ0v) is 9.34. The largest absolute Gasteiger partial charge is 0.315 e. The first-order valence-electron chi connectivity index (χ1n) is 4.94. The third kappa shape index (κ3) is 3.36. The average Bonchev–Trinajstić information content (AvgIpc) is 2.53. The molecule has 0 aliphatic carbocycles. The maximum atomic E-state index is 3.36.